The van der Waals surface area contributed by atoms with Gasteiger partial charge in [0.2, 0.25) is 0 Å². The van der Waals surface area contributed by atoms with Gasteiger partial charge in [-0.05, 0) is 70.6 Å². The van der Waals surface area contributed by atoms with Crippen LogP contribution in [-0.2, 0) is 28.6 Å². The maximum Gasteiger partial charge on any atom is 0.306 e. The Morgan fingerprint density at radius 3 is 0.984 bits per heavy atom. The Morgan fingerprint density at radius 2 is 0.607 bits per heavy atom. The van der Waals surface area contributed by atoms with E-state index in [-0.39, 0.29) is 37.5 Å². The number of rotatable bonds is 40. The summed E-state index contributed by atoms with van der Waals surface area (Å²) in [6.45, 7) is 6.12. The Kier molecular flexibility index (Phi) is 44.7. The van der Waals surface area contributed by atoms with E-state index in [4.69, 9.17) is 14.2 Å². The number of hydrogen-bond donors (Lipinski definition) is 0. The fraction of sp³-hybridized carbons (Fsp3) is 0.545. The van der Waals surface area contributed by atoms with Gasteiger partial charge in [-0.25, -0.2) is 0 Å². The lowest BCUT2D eigenvalue weighted by molar-refractivity contribution is -0.167. The lowest BCUT2D eigenvalue weighted by Crippen LogP contribution is -2.30. The van der Waals surface area contributed by atoms with E-state index >= 15 is 0 Å². The van der Waals surface area contributed by atoms with Crippen molar-refractivity contribution in [3.05, 3.63) is 134 Å². The molecular formula is C55H84O6. The van der Waals surface area contributed by atoms with Gasteiger partial charge in [0.25, 0.3) is 0 Å². The molecule has 0 aliphatic carbocycles. The average molecular weight is 841 g/mol. The third kappa shape index (κ3) is 46.5. The van der Waals surface area contributed by atoms with Gasteiger partial charge >= 0.3 is 17.9 Å². The van der Waals surface area contributed by atoms with E-state index in [0.29, 0.717) is 19.3 Å². The first kappa shape index (κ1) is 56.5. The van der Waals surface area contributed by atoms with Crippen molar-refractivity contribution < 1.29 is 28.6 Å². The van der Waals surface area contributed by atoms with Gasteiger partial charge in [-0.2, -0.15) is 0 Å². The van der Waals surface area contributed by atoms with E-state index in [1.165, 1.54) is 38.5 Å². The summed E-state index contributed by atoms with van der Waals surface area (Å²) in [6.07, 6.45) is 67.2. The Morgan fingerprint density at radius 1 is 0.328 bits per heavy atom. The summed E-state index contributed by atoms with van der Waals surface area (Å²) in [5.74, 6) is -1.03. The molecule has 0 aromatic rings. The van der Waals surface area contributed by atoms with Gasteiger partial charge in [0, 0.05) is 19.3 Å². The summed E-state index contributed by atoms with van der Waals surface area (Å²) in [5.41, 5.74) is 0. The third-order valence-corrected chi connectivity index (χ3v) is 9.38. The van der Waals surface area contributed by atoms with Gasteiger partial charge in [0.15, 0.2) is 6.10 Å². The second kappa shape index (κ2) is 48.2. The molecule has 61 heavy (non-hydrogen) atoms. The van der Waals surface area contributed by atoms with Gasteiger partial charge in [-0.1, -0.05) is 219 Å². The molecule has 0 amide bonds. The molecule has 0 aromatic carbocycles. The SMILES string of the molecule is CC\C=C/C=C\C=C/C=C\C=C/CCCC(=O)OCC(COC(=O)CCCCCCCCC\C=C/C=C\C=C/CC)OC(=O)CCCCCCCCC\C=C/C=C\C=C/CC. The van der Waals surface area contributed by atoms with Gasteiger partial charge < -0.3 is 14.2 Å². The van der Waals surface area contributed by atoms with Crippen LogP contribution in [0.5, 0.6) is 0 Å². The molecule has 6 heteroatoms. The molecule has 0 aliphatic heterocycles. The zero-order valence-corrected chi connectivity index (χ0v) is 38.6. The van der Waals surface area contributed by atoms with Crippen molar-refractivity contribution in [3.8, 4) is 0 Å². The van der Waals surface area contributed by atoms with E-state index in [2.05, 4.69) is 99.8 Å². The minimum absolute atomic E-state index is 0.117. The molecule has 6 nitrogen and oxygen atoms in total. The molecule has 0 heterocycles. The Balaban J connectivity index is 4.55. The fourth-order valence-electron chi connectivity index (χ4n) is 5.88. The fourth-order valence-corrected chi connectivity index (χ4v) is 5.88. The van der Waals surface area contributed by atoms with Crippen LogP contribution in [0, 0.1) is 0 Å². The van der Waals surface area contributed by atoms with Crippen LogP contribution >= 0.6 is 0 Å². The van der Waals surface area contributed by atoms with Crippen molar-refractivity contribution in [2.75, 3.05) is 13.2 Å². The second-order valence-electron chi connectivity index (χ2n) is 15.1. The molecule has 0 rings (SSSR count). The van der Waals surface area contributed by atoms with Crippen LogP contribution in [0.15, 0.2) is 134 Å². The maximum atomic E-state index is 12.8. The van der Waals surface area contributed by atoms with Crippen LogP contribution in [0.2, 0.25) is 0 Å². The van der Waals surface area contributed by atoms with Crippen LogP contribution in [-0.4, -0.2) is 37.2 Å². The molecule has 0 bridgehead atoms. The first-order chi connectivity index (χ1) is 30.0. The van der Waals surface area contributed by atoms with Crippen molar-refractivity contribution in [1.82, 2.24) is 0 Å². The zero-order chi connectivity index (χ0) is 44.4. The maximum absolute atomic E-state index is 12.8. The normalized spacial score (nSPS) is 13.3. The Bertz CT molecular complexity index is 1380. The summed E-state index contributed by atoms with van der Waals surface area (Å²) in [6, 6.07) is 0. The number of hydrogen-bond acceptors (Lipinski definition) is 6. The first-order valence-corrected chi connectivity index (χ1v) is 23.8. The van der Waals surface area contributed by atoms with E-state index in [1.54, 1.807) is 0 Å². The quantitative estimate of drug-likeness (QED) is 0.0265. The Labute approximate surface area is 373 Å². The molecule has 0 aromatic heterocycles. The predicted molar refractivity (Wildman–Crippen MR) is 260 cm³/mol. The minimum Gasteiger partial charge on any atom is -0.462 e. The van der Waals surface area contributed by atoms with Crippen molar-refractivity contribution in [2.24, 2.45) is 0 Å². The van der Waals surface area contributed by atoms with Crippen LogP contribution in [0.25, 0.3) is 0 Å². The summed E-state index contributed by atoms with van der Waals surface area (Å²) < 4.78 is 16.7. The van der Waals surface area contributed by atoms with E-state index in [0.717, 1.165) is 89.9 Å². The standard InChI is InChI=1S/C55H84O6/c1-4-7-10-13-16-19-22-25-27-30-33-36-39-42-45-48-54(57)60-51-52(50-59-53(56)47-44-41-38-35-32-29-24-21-18-15-12-9-6-3)61-55(58)49-46-43-40-37-34-31-28-26-23-20-17-14-11-8-5-2/h7-24,29,32,35,38,52H,4-6,25-28,30-31,33-34,36-37,39-51H2,1-3H3/b10-7-,11-8-,12-9-,16-13-,17-14-,18-15-,22-19-,23-20-,24-21-,32-29-,38-35-. The van der Waals surface area contributed by atoms with Crippen LogP contribution < -0.4 is 0 Å². The van der Waals surface area contributed by atoms with E-state index in [9.17, 15) is 14.4 Å². The van der Waals surface area contributed by atoms with Gasteiger partial charge in [-0.3, -0.25) is 14.4 Å². The van der Waals surface area contributed by atoms with Crippen LogP contribution in [0.3, 0.4) is 0 Å². The highest BCUT2D eigenvalue weighted by Gasteiger charge is 2.19. The molecule has 1 atom stereocenters. The molecule has 340 valence electrons. The largest absolute Gasteiger partial charge is 0.462 e. The monoisotopic (exact) mass is 841 g/mol. The molecule has 1 unspecified atom stereocenters. The first-order valence-electron chi connectivity index (χ1n) is 23.8. The van der Waals surface area contributed by atoms with Crippen molar-refractivity contribution in [2.45, 2.75) is 181 Å². The summed E-state index contributed by atoms with van der Waals surface area (Å²) >= 11 is 0. The average Bonchev–Trinajstić information content (AvgIpc) is 3.26. The summed E-state index contributed by atoms with van der Waals surface area (Å²) in [4.78, 5) is 37.9. The molecular weight excluding hydrogens is 757 g/mol. The highest BCUT2D eigenvalue weighted by atomic mass is 16.6. The summed E-state index contributed by atoms with van der Waals surface area (Å²) in [7, 11) is 0. The number of carbonyl (C=O) groups excluding carboxylic acids is 3. The molecule has 0 radical (unpaired) electrons. The minimum atomic E-state index is -0.822. The zero-order valence-electron chi connectivity index (χ0n) is 38.6. The van der Waals surface area contributed by atoms with Crippen molar-refractivity contribution in [1.29, 1.82) is 0 Å². The lowest BCUT2D eigenvalue weighted by atomic mass is 10.1. The van der Waals surface area contributed by atoms with Crippen LogP contribution in [0.4, 0.5) is 0 Å². The predicted octanol–water partition coefficient (Wildman–Crippen LogP) is 15.5. The topological polar surface area (TPSA) is 78.9 Å². The number of ether oxygens (including phenoxy) is 3. The van der Waals surface area contributed by atoms with Crippen molar-refractivity contribution in [3.63, 3.8) is 0 Å². The van der Waals surface area contributed by atoms with E-state index in [1.807, 2.05) is 54.7 Å². The van der Waals surface area contributed by atoms with Crippen LogP contribution in [0.1, 0.15) is 175 Å². The number of unbranched alkanes of at least 4 members (excludes halogenated alkanes) is 15. The number of allylic oxidation sites excluding steroid dienone is 22. The number of carbonyl (C=O) groups is 3. The lowest BCUT2D eigenvalue weighted by Gasteiger charge is -2.18. The molecule has 0 saturated carbocycles. The number of esters is 3. The molecule has 0 aliphatic rings. The van der Waals surface area contributed by atoms with Gasteiger partial charge in [-0.15, -0.1) is 0 Å². The van der Waals surface area contributed by atoms with E-state index < -0.39 is 6.10 Å². The van der Waals surface area contributed by atoms with Gasteiger partial charge in [0.1, 0.15) is 13.2 Å². The molecule has 0 spiro atoms. The second-order valence-corrected chi connectivity index (χ2v) is 15.1. The van der Waals surface area contributed by atoms with Gasteiger partial charge in [0.05, 0.1) is 0 Å². The summed E-state index contributed by atoms with van der Waals surface area (Å²) in [5, 5.41) is 0. The molecule has 0 N–H and O–H groups in total. The smallest absolute Gasteiger partial charge is 0.306 e. The molecule has 0 fully saturated rings. The third-order valence-electron chi connectivity index (χ3n) is 9.38. The molecule has 0 saturated heterocycles. The van der Waals surface area contributed by atoms with Crippen molar-refractivity contribution >= 4 is 17.9 Å². The highest BCUT2D eigenvalue weighted by molar-refractivity contribution is 5.71. The Hall–Kier alpha value is -4.45. The highest BCUT2D eigenvalue weighted by Crippen LogP contribution is 2.13.